The van der Waals surface area contributed by atoms with Crippen LogP contribution in [-0.4, -0.2) is 6.04 Å². The van der Waals surface area contributed by atoms with Crippen LogP contribution in [0, 0.1) is 23.2 Å². The van der Waals surface area contributed by atoms with Crippen molar-refractivity contribution in [1.29, 1.82) is 5.26 Å². The van der Waals surface area contributed by atoms with E-state index in [2.05, 4.69) is 13.0 Å². The van der Waals surface area contributed by atoms with Crippen LogP contribution in [-0.2, 0) is 0 Å². The predicted octanol–water partition coefficient (Wildman–Crippen LogP) is 1.27. The summed E-state index contributed by atoms with van der Waals surface area (Å²) in [5, 5.41) is 8.62. The molecule has 0 radical (unpaired) electrons. The second kappa shape index (κ2) is 3.03. The van der Waals surface area contributed by atoms with Crippen LogP contribution in [0.5, 0.6) is 0 Å². The van der Waals surface area contributed by atoms with Gasteiger partial charge in [-0.05, 0) is 25.2 Å². The van der Waals surface area contributed by atoms with E-state index in [0.29, 0.717) is 5.92 Å². The zero-order valence-corrected chi connectivity index (χ0v) is 6.38. The number of hydrogen-bond donors (Lipinski definition) is 1. The van der Waals surface area contributed by atoms with Crippen molar-refractivity contribution in [1.82, 2.24) is 0 Å². The molecule has 0 bridgehead atoms. The Morgan fingerprint density at radius 1 is 1.40 bits per heavy atom. The van der Waals surface area contributed by atoms with Gasteiger partial charge in [0.25, 0.3) is 0 Å². The molecule has 2 heteroatoms. The third-order valence-corrected chi connectivity index (χ3v) is 2.16. The van der Waals surface area contributed by atoms with E-state index in [-0.39, 0.29) is 12.0 Å². The van der Waals surface area contributed by atoms with E-state index < -0.39 is 0 Å². The molecule has 1 unspecified atom stereocenters. The largest absolute Gasteiger partial charge is 0.328 e. The SMILES string of the molecule is C[C@H]1CC(N)C[C@@H](C#N)C1. The first kappa shape index (κ1) is 7.56. The molecule has 1 rings (SSSR count). The summed E-state index contributed by atoms with van der Waals surface area (Å²) in [7, 11) is 0. The molecule has 3 atom stereocenters. The van der Waals surface area contributed by atoms with Crippen molar-refractivity contribution in [2.45, 2.75) is 32.2 Å². The van der Waals surface area contributed by atoms with Crippen molar-refractivity contribution >= 4 is 0 Å². The maximum atomic E-state index is 8.62. The Morgan fingerprint density at radius 3 is 2.60 bits per heavy atom. The number of rotatable bonds is 0. The lowest BCUT2D eigenvalue weighted by Gasteiger charge is -2.26. The van der Waals surface area contributed by atoms with Gasteiger partial charge in [0.05, 0.1) is 6.07 Å². The van der Waals surface area contributed by atoms with Crippen LogP contribution in [0.4, 0.5) is 0 Å². The summed E-state index contributed by atoms with van der Waals surface area (Å²) in [6.07, 6.45) is 3.04. The second-order valence-electron chi connectivity index (χ2n) is 3.40. The maximum Gasteiger partial charge on any atom is 0.0656 e. The Morgan fingerprint density at radius 2 is 2.10 bits per heavy atom. The quantitative estimate of drug-likeness (QED) is 0.548. The average molecular weight is 138 g/mol. The van der Waals surface area contributed by atoms with Crippen LogP contribution >= 0.6 is 0 Å². The first-order valence-corrected chi connectivity index (χ1v) is 3.87. The molecule has 2 nitrogen and oxygen atoms in total. The Balaban J connectivity index is 2.44. The monoisotopic (exact) mass is 138 g/mol. The lowest BCUT2D eigenvalue weighted by Crippen LogP contribution is -2.31. The highest BCUT2D eigenvalue weighted by Crippen LogP contribution is 2.26. The van der Waals surface area contributed by atoms with Gasteiger partial charge in [0.1, 0.15) is 0 Å². The van der Waals surface area contributed by atoms with Gasteiger partial charge in [-0.2, -0.15) is 5.26 Å². The number of nitrogens with zero attached hydrogens (tertiary/aromatic N) is 1. The Labute approximate surface area is 62.0 Å². The number of nitrogens with two attached hydrogens (primary N) is 1. The molecule has 1 fully saturated rings. The molecule has 1 saturated carbocycles. The van der Waals surface area contributed by atoms with Gasteiger partial charge >= 0.3 is 0 Å². The first-order valence-electron chi connectivity index (χ1n) is 3.87. The fraction of sp³-hybridized carbons (Fsp3) is 0.875. The van der Waals surface area contributed by atoms with E-state index in [9.17, 15) is 0 Å². The fourth-order valence-electron chi connectivity index (χ4n) is 1.76. The van der Waals surface area contributed by atoms with E-state index in [1.54, 1.807) is 0 Å². The average Bonchev–Trinajstić information content (AvgIpc) is 1.85. The van der Waals surface area contributed by atoms with Crippen molar-refractivity contribution in [3.05, 3.63) is 0 Å². The molecule has 10 heavy (non-hydrogen) atoms. The normalized spacial score (nSPS) is 40.7. The van der Waals surface area contributed by atoms with Gasteiger partial charge in [0, 0.05) is 12.0 Å². The molecule has 0 spiro atoms. The minimum absolute atomic E-state index is 0.221. The van der Waals surface area contributed by atoms with Crippen LogP contribution in [0.15, 0.2) is 0 Å². The van der Waals surface area contributed by atoms with Gasteiger partial charge in [-0.1, -0.05) is 6.92 Å². The van der Waals surface area contributed by atoms with Gasteiger partial charge in [-0.3, -0.25) is 0 Å². The molecule has 0 heterocycles. The Hall–Kier alpha value is -0.550. The standard InChI is InChI=1S/C8H14N2/c1-6-2-7(5-9)4-8(10)3-6/h6-8H,2-4,10H2,1H3/t6-,7+,8?/m1/s1. The van der Waals surface area contributed by atoms with Crippen LogP contribution in [0.1, 0.15) is 26.2 Å². The molecule has 56 valence electrons. The van der Waals surface area contributed by atoms with E-state index >= 15 is 0 Å². The zero-order valence-electron chi connectivity index (χ0n) is 6.38. The maximum absolute atomic E-state index is 8.62. The van der Waals surface area contributed by atoms with Crippen molar-refractivity contribution < 1.29 is 0 Å². The molecule has 1 aliphatic carbocycles. The van der Waals surface area contributed by atoms with Crippen molar-refractivity contribution in [2.24, 2.45) is 17.6 Å². The van der Waals surface area contributed by atoms with Gasteiger partial charge in [0.2, 0.25) is 0 Å². The number of nitriles is 1. The lowest BCUT2D eigenvalue weighted by atomic mass is 9.81. The first-order chi connectivity index (χ1) is 4.72. The highest BCUT2D eigenvalue weighted by Gasteiger charge is 2.23. The van der Waals surface area contributed by atoms with Gasteiger partial charge in [-0.15, -0.1) is 0 Å². The summed E-state index contributed by atoms with van der Waals surface area (Å²) in [4.78, 5) is 0. The summed E-state index contributed by atoms with van der Waals surface area (Å²) in [5.41, 5.74) is 5.74. The van der Waals surface area contributed by atoms with Crippen LogP contribution in [0.25, 0.3) is 0 Å². The third-order valence-electron chi connectivity index (χ3n) is 2.16. The third kappa shape index (κ3) is 1.71. The summed E-state index contributed by atoms with van der Waals surface area (Å²) in [6, 6.07) is 2.56. The van der Waals surface area contributed by atoms with Gasteiger partial charge in [0.15, 0.2) is 0 Å². The van der Waals surface area contributed by atoms with Gasteiger partial charge < -0.3 is 5.73 Å². The highest BCUT2D eigenvalue weighted by atomic mass is 14.6. The van der Waals surface area contributed by atoms with Crippen LogP contribution in [0.3, 0.4) is 0 Å². The minimum Gasteiger partial charge on any atom is -0.328 e. The van der Waals surface area contributed by atoms with Crippen molar-refractivity contribution in [3.63, 3.8) is 0 Å². The summed E-state index contributed by atoms with van der Waals surface area (Å²) in [5.74, 6) is 0.868. The molecule has 0 aromatic heterocycles. The molecule has 2 N–H and O–H groups in total. The van der Waals surface area contributed by atoms with E-state index in [4.69, 9.17) is 11.0 Å². The summed E-state index contributed by atoms with van der Waals surface area (Å²) >= 11 is 0. The molecule has 0 amide bonds. The second-order valence-corrected chi connectivity index (χ2v) is 3.40. The van der Waals surface area contributed by atoms with Crippen molar-refractivity contribution in [3.8, 4) is 6.07 Å². The molecular formula is C8H14N2. The van der Waals surface area contributed by atoms with Crippen molar-refractivity contribution in [2.75, 3.05) is 0 Å². The molecule has 0 aliphatic heterocycles. The van der Waals surface area contributed by atoms with E-state index in [0.717, 1.165) is 19.3 Å². The van der Waals surface area contributed by atoms with E-state index in [1.165, 1.54) is 0 Å². The van der Waals surface area contributed by atoms with E-state index in [1.807, 2.05) is 0 Å². The molecular weight excluding hydrogens is 124 g/mol. The highest BCUT2D eigenvalue weighted by molar-refractivity contribution is 4.90. The molecule has 1 aliphatic rings. The van der Waals surface area contributed by atoms with Crippen LogP contribution in [0.2, 0.25) is 0 Å². The number of hydrogen-bond acceptors (Lipinski definition) is 2. The Kier molecular flexibility index (Phi) is 2.29. The molecule has 0 aromatic carbocycles. The topological polar surface area (TPSA) is 49.8 Å². The smallest absolute Gasteiger partial charge is 0.0656 e. The van der Waals surface area contributed by atoms with Gasteiger partial charge in [-0.25, -0.2) is 0 Å². The molecule has 0 saturated heterocycles. The lowest BCUT2D eigenvalue weighted by molar-refractivity contribution is 0.296. The summed E-state index contributed by atoms with van der Waals surface area (Å²) in [6.45, 7) is 2.17. The minimum atomic E-state index is 0.221. The zero-order chi connectivity index (χ0) is 7.56. The molecule has 0 aromatic rings. The predicted molar refractivity (Wildman–Crippen MR) is 40.1 cm³/mol. The van der Waals surface area contributed by atoms with Crippen LogP contribution < -0.4 is 5.73 Å². The summed E-state index contributed by atoms with van der Waals surface area (Å²) < 4.78 is 0. The fourth-order valence-corrected chi connectivity index (χ4v) is 1.76. The Bertz CT molecular complexity index is 138.